The number of rotatable bonds is 6. The van der Waals surface area contributed by atoms with Gasteiger partial charge in [0.25, 0.3) is 0 Å². The van der Waals surface area contributed by atoms with Crippen molar-refractivity contribution in [3.8, 4) is 5.75 Å². The Morgan fingerprint density at radius 1 is 1.31 bits per heavy atom. The third-order valence-corrected chi connectivity index (χ3v) is 5.12. The molecule has 0 bridgehead atoms. The average Bonchev–Trinajstić information content (AvgIpc) is 3.17. The van der Waals surface area contributed by atoms with Gasteiger partial charge in [-0.15, -0.1) is 10.2 Å². The monoisotopic (exact) mass is 374 g/mol. The number of hydrogen-bond acceptors (Lipinski definition) is 6. The van der Waals surface area contributed by atoms with E-state index >= 15 is 0 Å². The second kappa shape index (κ2) is 8.35. The molecule has 9 heteroatoms. The standard InChI is InChI=1S/C17H22N6O2S/c1-11(16(12(2)26(18)24)17-20-22-23-21-17)13-3-5-14(6-4-13)25-15-7-9-19-10-8-15/h3-6,15,19H,1,7-10,18H2,2H3,(H,20,21,22,23)/b16-12-. The molecule has 1 unspecified atom stereocenters. The Morgan fingerprint density at radius 2 is 2.00 bits per heavy atom. The first kappa shape index (κ1) is 18.4. The van der Waals surface area contributed by atoms with Crippen LogP contribution in [0.2, 0.25) is 0 Å². The van der Waals surface area contributed by atoms with E-state index in [1.807, 2.05) is 24.3 Å². The number of nitrogens with zero attached hydrogens (tertiary/aromatic N) is 3. The molecule has 1 saturated heterocycles. The molecule has 1 aliphatic rings. The van der Waals surface area contributed by atoms with Crippen LogP contribution in [0.5, 0.6) is 5.75 Å². The van der Waals surface area contributed by atoms with Crippen molar-refractivity contribution in [3.63, 3.8) is 0 Å². The van der Waals surface area contributed by atoms with Crippen molar-refractivity contribution < 1.29 is 8.95 Å². The number of aromatic amines is 1. The number of aromatic nitrogens is 4. The molecule has 0 aliphatic carbocycles. The number of allylic oxidation sites excluding steroid dienone is 3. The lowest BCUT2D eigenvalue weighted by atomic mass is 9.98. The first-order valence-electron chi connectivity index (χ1n) is 8.34. The van der Waals surface area contributed by atoms with Gasteiger partial charge in [-0.2, -0.15) is 5.21 Å². The predicted molar refractivity (Wildman–Crippen MR) is 101 cm³/mol. The normalized spacial score (nSPS) is 17.5. The van der Waals surface area contributed by atoms with Crippen molar-refractivity contribution in [2.45, 2.75) is 25.9 Å². The van der Waals surface area contributed by atoms with Gasteiger partial charge >= 0.3 is 0 Å². The van der Waals surface area contributed by atoms with Crippen LogP contribution < -0.4 is 15.2 Å². The molecule has 1 aromatic heterocycles. The minimum atomic E-state index is -1.66. The number of tetrazole rings is 1. The molecule has 1 atom stereocenters. The zero-order valence-electron chi connectivity index (χ0n) is 14.6. The number of piperidine rings is 1. The molecule has 2 heterocycles. The van der Waals surface area contributed by atoms with E-state index in [9.17, 15) is 4.21 Å². The second-order valence-corrected chi connectivity index (χ2v) is 7.24. The number of H-pyrrole nitrogens is 1. The van der Waals surface area contributed by atoms with E-state index in [1.54, 1.807) is 6.92 Å². The number of benzene rings is 1. The van der Waals surface area contributed by atoms with Crippen molar-refractivity contribution in [3.05, 3.63) is 47.1 Å². The quantitative estimate of drug-likeness (QED) is 0.658. The molecular formula is C17H22N6O2S. The van der Waals surface area contributed by atoms with Crippen LogP contribution in [0.25, 0.3) is 11.1 Å². The van der Waals surface area contributed by atoms with E-state index in [4.69, 9.17) is 9.88 Å². The molecule has 0 saturated carbocycles. The maximum atomic E-state index is 11.8. The van der Waals surface area contributed by atoms with Crippen LogP contribution in [0, 0.1) is 0 Å². The summed E-state index contributed by atoms with van der Waals surface area (Å²) in [6.45, 7) is 7.74. The van der Waals surface area contributed by atoms with Crippen molar-refractivity contribution in [2.24, 2.45) is 5.14 Å². The zero-order valence-corrected chi connectivity index (χ0v) is 15.4. The SMILES string of the molecule is C=C(/C(=C(\C)S(N)=O)c1nn[nH]n1)c1ccc(OC2CCNCC2)cc1. The van der Waals surface area contributed by atoms with Crippen LogP contribution in [0.4, 0.5) is 0 Å². The summed E-state index contributed by atoms with van der Waals surface area (Å²) in [6, 6.07) is 7.63. The summed E-state index contributed by atoms with van der Waals surface area (Å²) in [4.78, 5) is 0.437. The highest BCUT2D eigenvalue weighted by Crippen LogP contribution is 2.32. The Kier molecular flexibility index (Phi) is 5.92. The van der Waals surface area contributed by atoms with Gasteiger partial charge < -0.3 is 10.1 Å². The van der Waals surface area contributed by atoms with Crippen molar-refractivity contribution in [1.29, 1.82) is 0 Å². The molecule has 4 N–H and O–H groups in total. The molecule has 1 aliphatic heterocycles. The average molecular weight is 374 g/mol. The minimum Gasteiger partial charge on any atom is -0.490 e. The van der Waals surface area contributed by atoms with Gasteiger partial charge in [0.2, 0.25) is 5.82 Å². The Bertz CT molecular complexity index is 810. The summed E-state index contributed by atoms with van der Waals surface area (Å²) in [6.07, 6.45) is 2.24. The topological polar surface area (TPSA) is 119 Å². The second-order valence-electron chi connectivity index (χ2n) is 6.03. The molecule has 8 nitrogen and oxygen atoms in total. The molecular weight excluding hydrogens is 352 g/mol. The highest BCUT2D eigenvalue weighted by atomic mass is 32.2. The number of ether oxygens (including phenoxy) is 1. The van der Waals surface area contributed by atoms with Crippen LogP contribution >= 0.6 is 0 Å². The van der Waals surface area contributed by atoms with Gasteiger partial charge in [-0.3, -0.25) is 0 Å². The Morgan fingerprint density at radius 3 is 2.58 bits per heavy atom. The van der Waals surface area contributed by atoms with Crippen LogP contribution in [-0.4, -0.2) is 44.0 Å². The molecule has 138 valence electrons. The number of hydrogen-bond donors (Lipinski definition) is 3. The maximum Gasteiger partial charge on any atom is 0.206 e. The van der Waals surface area contributed by atoms with E-state index in [2.05, 4.69) is 32.5 Å². The fraction of sp³-hybridized carbons (Fsp3) is 0.353. The van der Waals surface area contributed by atoms with E-state index in [0.717, 1.165) is 37.2 Å². The summed E-state index contributed by atoms with van der Waals surface area (Å²) < 4.78 is 17.8. The van der Waals surface area contributed by atoms with Crippen LogP contribution in [0.15, 0.2) is 35.7 Å². The van der Waals surface area contributed by atoms with Crippen molar-refractivity contribution in [2.75, 3.05) is 13.1 Å². The summed E-state index contributed by atoms with van der Waals surface area (Å²) in [5, 5.41) is 22.8. The van der Waals surface area contributed by atoms with E-state index in [1.165, 1.54) is 0 Å². The van der Waals surface area contributed by atoms with Crippen LogP contribution in [0.3, 0.4) is 0 Å². The first-order valence-corrected chi connectivity index (χ1v) is 9.55. The maximum absolute atomic E-state index is 11.8. The number of nitrogens with two attached hydrogens (primary N) is 1. The van der Waals surface area contributed by atoms with E-state index < -0.39 is 11.0 Å². The lowest BCUT2D eigenvalue weighted by Crippen LogP contribution is -2.34. The Hall–Kier alpha value is -2.36. The molecule has 3 rings (SSSR count). The third-order valence-electron chi connectivity index (χ3n) is 4.32. The molecule has 2 aromatic rings. The lowest BCUT2D eigenvalue weighted by Gasteiger charge is -2.24. The van der Waals surface area contributed by atoms with Crippen molar-refractivity contribution in [1.82, 2.24) is 25.9 Å². The van der Waals surface area contributed by atoms with Gasteiger partial charge in [0.15, 0.2) is 0 Å². The highest BCUT2D eigenvalue weighted by Gasteiger charge is 2.19. The molecule has 0 spiro atoms. The summed E-state index contributed by atoms with van der Waals surface area (Å²) in [7, 11) is -1.66. The third kappa shape index (κ3) is 4.24. The molecule has 26 heavy (non-hydrogen) atoms. The summed E-state index contributed by atoms with van der Waals surface area (Å²) >= 11 is 0. The van der Waals surface area contributed by atoms with Crippen LogP contribution in [0.1, 0.15) is 31.2 Å². The Balaban J connectivity index is 1.81. The van der Waals surface area contributed by atoms with Gasteiger partial charge in [-0.1, -0.05) is 18.7 Å². The molecule has 0 amide bonds. The van der Waals surface area contributed by atoms with Crippen LogP contribution in [-0.2, 0) is 11.0 Å². The molecule has 1 aromatic carbocycles. The van der Waals surface area contributed by atoms with Gasteiger partial charge in [-0.05, 0) is 61.3 Å². The molecule has 1 fully saturated rings. The largest absolute Gasteiger partial charge is 0.490 e. The first-order chi connectivity index (χ1) is 12.6. The van der Waals surface area contributed by atoms with Gasteiger partial charge in [0, 0.05) is 10.5 Å². The smallest absolute Gasteiger partial charge is 0.206 e. The van der Waals surface area contributed by atoms with Crippen molar-refractivity contribution >= 4 is 22.1 Å². The Labute approximate surface area is 154 Å². The van der Waals surface area contributed by atoms with Gasteiger partial charge in [-0.25, -0.2) is 9.35 Å². The number of nitrogens with one attached hydrogen (secondary N) is 2. The summed E-state index contributed by atoms with van der Waals surface area (Å²) in [5.74, 6) is 1.12. The highest BCUT2D eigenvalue weighted by molar-refractivity contribution is 7.86. The summed E-state index contributed by atoms with van der Waals surface area (Å²) in [5.41, 5.74) is 1.98. The molecule has 0 radical (unpaired) electrons. The fourth-order valence-corrected chi connectivity index (χ4v) is 3.27. The van der Waals surface area contributed by atoms with Gasteiger partial charge in [0.1, 0.15) is 22.8 Å². The van der Waals surface area contributed by atoms with E-state index in [-0.39, 0.29) is 6.10 Å². The predicted octanol–water partition coefficient (Wildman–Crippen LogP) is 1.40. The lowest BCUT2D eigenvalue weighted by molar-refractivity contribution is 0.162. The zero-order chi connectivity index (χ0) is 18.5. The minimum absolute atomic E-state index is 0.238. The van der Waals surface area contributed by atoms with Gasteiger partial charge in [0.05, 0.1) is 0 Å². The van der Waals surface area contributed by atoms with E-state index in [0.29, 0.717) is 21.9 Å². The fourth-order valence-electron chi connectivity index (χ4n) is 2.86.